The second kappa shape index (κ2) is 6.58. The smallest absolute Gasteiger partial charge is 0.0159 e. The number of nitrogens with zero attached hydrogens (tertiary/aromatic N) is 1. The van der Waals surface area contributed by atoms with Gasteiger partial charge in [-0.2, -0.15) is 0 Å². The Bertz CT molecular complexity index is 274. The molecule has 19 heavy (non-hydrogen) atoms. The minimum absolute atomic E-state index is 0.482. The van der Waals surface area contributed by atoms with Gasteiger partial charge in [0, 0.05) is 18.6 Å². The highest BCUT2D eigenvalue weighted by atomic mass is 15.2. The molecule has 1 heterocycles. The maximum Gasteiger partial charge on any atom is 0.0159 e. The third-order valence-corrected chi connectivity index (χ3v) is 5.56. The Hall–Kier alpha value is -0.0800. The van der Waals surface area contributed by atoms with Gasteiger partial charge in [0.05, 0.1) is 0 Å². The summed E-state index contributed by atoms with van der Waals surface area (Å²) in [6.45, 7) is 13.4. The maximum atomic E-state index is 3.78. The minimum Gasteiger partial charge on any atom is -0.313 e. The lowest BCUT2D eigenvalue weighted by atomic mass is 9.84. The second-order valence-corrected chi connectivity index (χ2v) is 7.52. The Kier molecular flexibility index (Phi) is 5.30. The molecule has 0 aromatic carbocycles. The molecule has 3 unspecified atom stereocenters. The fourth-order valence-corrected chi connectivity index (χ4v) is 4.28. The van der Waals surface area contributed by atoms with E-state index in [1.165, 1.54) is 51.6 Å². The van der Waals surface area contributed by atoms with Crippen molar-refractivity contribution < 1.29 is 0 Å². The topological polar surface area (TPSA) is 15.3 Å². The summed E-state index contributed by atoms with van der Waals surface area (Å²) in [6, 6.07) is 1.52. The van der Waals surface area contributed by atoms with E-state index in [0.29, 0.717) is 11.5 Å². The summed E-state index contributed by atoms with van der Waals surface area (Å²) in [5, 5.41) is 3.78. The predicted octanol–water partition coefficient (Wildman–Crippen LogP) is 3.67. The largest absolute Gasteiger partial charge is 0.313 e. The number of nitrogens with one attached hydrogen (secondary N) is 1. The van der Waals surface area contributed by atoms with Crippen molar-refractivity contribution in [1.82, 2.24) is 10.2 Å². The summed E-state index contributed by atoms with van der Waals surface area (Å²) in [5.74, 6) is 0.857. The van der Waals surface area contributed by atoms with Gasteiger partial charge in [-0.25, -0.2) is 0 Å². The van der Waals surface area contributed by atoms with Crippen LogP contribution in [0.15, 0.2) is 0 Å². The highest BCUT2D eigenvalue weighted by Crippen LogP contribution is 2.42. The molecule has 0 radical (unpaired) electrons. The fraction of sp³-hybridized carbons (Fsp3) is 1.00. The van der Waals surface area contributed by atoms with E-state index in [1.54, 1.807) is 0 Å². The van der Waals surface area contributed by atoms with Crippen LogP contribution in [0.4, 0.5) is 0 Å². The predicted molar refractivity (Wildman–Crippen MR) is 83.5 cm³/mol. The Morgan fingerprint density at radius 1 is 1.16 bits per heavy atom. The molecule has 112 valence electrons. The number of likely N-dealkylation sites (tertiary alicyclic amines) is 1. The molecule has 1 N–H and O–H groups in total. The van der Waals surface area contributed by atoms with E-state index in [1.807, 2.05) is 0 Å². The summed E-state index contributed by atoms with van der Waals surface area (Å²) in [5.41, 5.74) is 0.482. The lowest BCUT2D eigenvalue weighted by Gasteiger charge is -2.36. The van der Waals surface area contributed by atoms with Gasteiger partial charge in [0.15, 0.2) is 0 Å². The summed E-state index contributed by atoms with van der Waals surface area (Å²) < 4.78 is 0. The third kappa shape index (κ3) is 3.72. The van der Waals surface area contributed by atoms with Crippen molar-refractivity contribution in [3.63, 3.8) is 0 Å². The normalized spacial score (nSPS) is 36.3. The van der Waals surface area contributed by atoms with Gasteiger partial charge >= 0.3 is 0 Å². The molecule has 1 saturated heterocycles. The summed E-state index contributed by atoms with van der Waals surface area (Å²) in [6.07, 6.45) is 8.48. The first-order chi connectivity index (χ1) is 9.04. The van der Waals surface area contributed by atoms with Gasteiger partial charge in [-0.05, 0) is 57.0 Å². The lowest BCUT2D eigenvalue weighted by molar-refractivity contribution is 0.153. The van der Waals surface area contributed by atoms with Crippen molar-refractivity contribution in [1.29, 1.82) is 0 Å². The highest BCUT2D eigenvalue weighted by Gasteiger charge is 2.42. The Labute approximate surface area is 120 Å². The van der Waals surface area contributed by atoms with E-state index in [9.17, 15) is 0 Å². The molecule has 2 heteroatoms. The third-order valence-electron chi connectivity index (χ3n) is 5.56. The summed E-state index contributed by atoms with van der Waals surface area (Å²) >= 11 is 0. The quantitative estimate of drug-likeness (QED) is 0.835. The molecule has 2 fully saturated rings. The summed E-state index contributed by atoms with van der Waals surface area (Å²) in [4.78, 5) is 2.78. The van der Waals surface area contributed by atoms with Gasteiger partial charge in [-0.15, -0.1) is 0 Å². The van der Waals surface area contributed by atoms with Crippen molar-refractivity contribution in [2.45, 2.75) is 78.3 Å². The van der Waals surface area contributed by atoms with Crippen LogP contribution >= 0.6 is 0 Å². The van der Waals surface area contributed by atoms with Crippen LogP contribution in [-0.2, 0) is 0 Å². The van der Waals surface area contributed by atoms with Crippen molar-refractivity contribution in [2.75, 3.05) is 19.6 Å². The van der Waals surface area contributed by atoms with Crippen molar-refractivity contribution in [2.24, 2.45) is 11.3 Å². The van der Waals surface area contributed by atoms with Crippen LogP contribution in [0.5, 0.6) is 0 Å². The van der Waals surface area contributed by atoms with Gasteiger partial charge in [0.1, 0.15) is 0 Å². The number of hydrogen-bond acceptors (Lipinski definition) is 2. The van der Waals surface area contributed by atoms with E-state index in [2.05, 4.69) is 37.9 Å². The molecule has 0 spiro atoms. The lowest BCUT2D eigenvalue weighted by Crippen LogP contribution is -2.47. The van der Waals surface area contributed by atoms with Gasteiger partial charge in [0.25, 0.3) is 0 Å². The zero-order chi connectivity index (χ0) is 13.9. The standard InChI is InChI=1S/C17H34N2/c1-5-18-16-15(10-11-17(16,3)4)13-19-12-8-6-7-9-14(19)2/h14-16,18H,5-13H2,1-4H3. The number of hydrogen-bond donors (Lipinski definition) is 1. The zero-order valence-electron chi connectivity index (χ0n) is 13.5. The average Bonchev–Trinajstić information content (AvgIpc) is 2.52. The van der Waals surface area contributed by atoms with E-state index in [-0.39, 0.29) is 0 Å². The van der Waals surface area contributed by atoms with Crippen LogP contribution in [0.1, 0.15) is 66.2 Å². The van der Waals surface area contributed by atoms with Gasteiger partial charge in [0.2, 0.25) is 0 Å². The molecule has 1 saturated carbocycles. The second-order valence-electron chi connectivity index (χ2n) is 7.52. The summed E-state index contributed by atoms with van der Waals surface area (Å²) in [7, 11) is 0. The molecule has 0 amide bonds. The number of rotatable bonds is 4. The first-order valence-electron chi connectivity index (χ1n) is 8.52. The van der Waals surface area contributed by atoms with E-state index in [0.717, 1.165) is 18.5 Å². The van der Waals surface area contributed by atoms with Crippen molar-refractivity contribution >= 4 is 0 Å². The van der Waals surface area contributed by atoms with Crippen LogP contribution < -0.4 is 5.32 Å². The van der Waals surface area contributed by atoms with Crippen LogP contribution in [0, 0.1) is 11.3 Å². The van der Waals surface area contributed by atoms with E-state index < -0.39 is 0 Å². The molecule has 0 aromatic heterocycles. The van der Waals surface area contributed by atoms with Gasteiger partial charge < -0.3 is 10.2 Å². The molecule has 0 bridgehead atoms. The SMILES string of the molecule is CCNC1C(CN2CCCCCC2C)CCC1(C)C. The molecular weight excluding hydrogens is 232 g/mol. The first kappa shape index (κ1) is 15.3. The van der Waals surface area contributed by atoms with Crippen molar-refractivity contribution in [3.05, 3.63) is 0 Å². The average molecular weight is 266 g/mol. The Morgan fingerprint density at radius 3 is 2.68 bits per heavy atom. The molecule has 1 aliphatic heterocycles. The minimum atomic E-state index is 0.482. The molecule has 2 aliphatic rings. The Balaban J connectivity index is 1.96. The Morgan fingerprint density at radius 2 is 1.95 bits per heavy atom. The monoisotopic (exact) mass is 266 g/mol. The first-order valence-corrected chi connectivity index (χ1v) is 8.52. The molecule has 2 nitrogen and oxygen atoms in total. The molecule has 2 rings (SSSR count). The van der Waals surface area contributed by atoms with Crippen LogP contribution in [0.25, 0.3) is 0 Å². The maximum absolute atomic E-state index is 3.78. The van der Waals surface area contributed by atoms with Gasteiger partial charge in [-0.3, -0.25) is 0 Å². The fourth-order valence-electron chi connectivity index (χ4n) is 4.28. The van der Waals surface area contributed by atoms with Crippen LogP contribution in [-0.4, -0.2) is 36.6 Å². The zero-order valence-corrected chi connectivity index (χ0v) is 13.5. The van der Waals surface area contributed by atoms with Crippen LogP contribution in [0.3, 0.4) is 0 Å². The molecule has 1 aliphatic carbocycles. The molecule has 3 atom stereocenters. The molecule has 0 aromatic rings. The van der Waals surface area contributed by atoms with E-state index >= 15 is 0 Å². The molecular formula is C17H34N2. The highest BCUT2D eigenvalue weighted by molar-refractivity contribution is 4.97. The van der Waals surface area contributed by atoms with Crippen LogP contribution in [0.2, 0.25) is 0 Å². The van der Waals surface area contributed by atoms with Crippen molar-refractivity contribution in [3.8, 4) is 0 Å². The van der Waals surface area contributed by atoms with E-state index in [4.69, 9.17) is 0 Å². The van der Waals surface area contributed by atoms with Gasteiger partial charge in [-0.1, -0.05) is 33.6 Å².